The van der Waals surface area contributed by atoms with E-state index in [2.05, 4.69) is 14.5 Å². The molecule has 1 aliphatic heterocycles. The molecule has 0 saturated carbocycles. The van der Waals surface area contributed by atoms with Crippen molar-refractivity contribution in [1.82, 2.24) is 0 Å². The van der Waals surface area contributed by atoms with E-state index < -0.39 is 10.0 Å². The summed E-state index contributed by atoms with van der Waals surface area (Å²) in [5.74, 6) is 1.78. The molecule has 4 aromatic rings. The number of aliphatic hydroxyl groups is 1. The second kappa shape index (κ2) is 16.5. The third kappa shape index (κ3) is 10.3. The second-order valence-corrected chi connectivity index (χ2v) is 13.9. The fourth-order valence-corrected chi connectivity index (χ4v) is 6.23. The fourth-order valence-electron chi connectivity index (χ4n) is 5.61. The predicted molar refractivity (Wildman–Crippen MR) is 190 cm³/mol. The van der Waals surface area contributed by atoms with Crippen molar-refractivity contribution < 1.29 is 32.5 Å². The molecule has 4 aromatic carbocycles. The third-order valence-corrected chi connectivity index (χ3v) is 8.78. The van der Waals surface area contributed by atoms with Gasteiger partial charge in [-0.05, 0) is 72.9 Å². The smallest absolute Gasteiger partial charge is 0.229 e. The first kappa shape index (κ1) is 35.4. The molecule has 1 saturated heterocycles. The van der Waals surface area contributed by atoms with Gasteiger partial charge in [0.15, 0.2) is 11.5 Å². The number of rotatable bonds is 16. The highest BCUT2D eigenvalue weighted by Gasteiger charge is 2.18. The van der Waals surface area contributed by atoms with Gasteiger partial charge in [-0.2, -0.15) is 0 Å². The Morgan fingerprint density at radius 1 is 1.00 bits per heavy atom. The molecule has 1 atom stereocenters. The van der Waals surface area contributed by atoms with Gasteiger partial charge in [0.05, 0.1) is 31.7 Å². The lowest BCUT2D eigenvalue weighted by Crippen LogP contribution is -2.23. The average Bonchev–Trinajstić information content (AvgIpc) is 3.61. The topological polar surface area (TPSA) is 119 Å². The molecule has 11 heteroatoms. The number of Topliss-reactive ketones (excluding diaryl/α,β-unsaturated/α-hetero) is 1. The molecule has 49 heavy (non-hydrogen) atoms. The lowest BCUT2D eigenvalue weighted by Gasteiger charge is -2.28. The van der Waals surface area contributed by atoms with Gasteiger partial charge in [-0.25, -0.2) is 13.3 Å². The van der Waals surface area contributed by atoms with Crippen molar-refractivity contribution in [3.8, 4) is 17.2 Å². The number of ether oxygens (including phenoxy) is 3. The van der Waals surface area contributed by atoms with Crippen LogP contribution in [-0.2, 0) is 27.8 Å². The van der Waals surface area contributed by atoms with Crippen molar-refractivity contribution >= 4 is 32.9 Å². The number of hydrogen-bond acceptors (Lipinski definition) is 8. The van der Waals surface area contributed by atoms with Crippen LogP contribution in [0, 0.1) is 19.4 Å². The highest BCUT2D eigenvalue weighted by Crippen LogP contribution is 2.32. The van der Waals surface area contributed by atoms with Gasteiger partial charge in [-0.1, -0.05) is 42.5 Å². The van der Waals surface area contributed by atoms with Gasteiger partial charge < -0.3 is 24.2 Å². The summed E-state index contributed by atoms with van der Waals surface area (Å²) in [6.07, 6.45) is 2.66. The maximum atomic E-state index is 12.9. The molecule has 0 bridgehead atoms. The molecule has 10 nitrogen and oxygen atoms in total. The number of nitrogens with one attached hydrogen (secondary N) is 1. The Kier molecular flexibility index (Phi) is 11.9. The van der Waals surface area contributed by atoms with Gasteiger partial charge in [0.2, 0.25) is 10.0 Å². The predicted octanol–water partition coefficient (Wildman–Crippen LogP) is 7.29. The van der Waals surface area contributed by atoms with E-state index in [4.69, 9.17) is 20.8 Å². The van der Waals surface area contributed by atoms with E-state index in [0.29, 0.717) is 72.8 Å². The molecule has 1 unspecified atom stereocenters. The summed E-state index contributed by atoms with van der Waals surface area (Å²) >= 11 is 0. The van der Waals surface area contributed by atoms with Gasteiger partial charge in [0, 0.05) is 56.0 Å². The molecule has 0 aromatic heterocycles. The van der Waals surface area contributed by atoms with E-state index in [1.54, 1.807) is 36.4 Å². The van der Waals surface area contributed by atoms with E-state index in [9.17, 15) is 18.3 Å². The highest BCUT2D eigenvalue weighted by molar-refractivity contribution is 7.92. The van der Waals surface area contributed by atoms with Crippen molar-refractivity contribution in [2.75, 3.05) is 42.3 Å². The Balaban J connectivity index is 1.37. The first-order chi connectivity index (χ1) is 23.6. The first-order valence-corrected chi connectivity index (χ1v) is 18.0. The molecule has 1 aliphatic rings. The summed E-state index contributed by atoms with van der Waals surface area (Å²) in [4.78, 5) is 18.5. The number of carbonyl (C=O) groups is 1. The normalized spacial score (nSPS) is 14.2. The van der Waals surface area contributed by atoms with Crippen LogP contribution in [0.4, 0.5) is 17.1 Å². The summed E-state index contributed by atoms with van der Waals surface area (Å²) in [5.41, 5.74) is 5.17. The van der Waals surface area contributed by atoms with Gasteiger partial charge in [0.25, 0.3) is 0 Å². The molecule has 0 radical (unpaired) electrons. The number of ketones is 1. The zero-order valence-electron chi connectivity index (χ0n) is 27.7. The average molecular weight is 684 g/mol. The Morgan fingerprint density at radius 2 is 1.69 bits per heavy atom. The molecular formula is C38H41N3O7S. The fraction of sp³-hybridized carbons (Fsp3) is 0.316. The van der Waals surface area contributed by atoms with Crippen molar-refractivity contribution in [3.63, 3.8) is 0 Å². The van der Waals surface area contributed by atoms with Gasteiger partial charge >= 0.3 is 0 Å². The zero-order valence-corrected chi connectivity index (χ0v) is 28.5. The Bertz CT molecular complexity index is 1880. The van der Waals surface area contributed by atoms with E-state index in [1.807, 2.05) is 55.5 Å². The van der Waals surface area contributed by atoms with E-state index in [-0.39, 0.29) is 18.8 Å². The van der Waals surface area contributed by atoms with Crippen LogP contribution < -0.4 is 19.1 Å². The van der Waals surface area contributed by atoms with Crippen LogP contribution in [0.1, 0.15) is 46.3 Å². The highest BCUT2D eigenvalue weighted by atomic mass is 32.2. The lowest BCUT2D eigenvalue weighted by molar-refractivity contribution is 0.0970. The van der Waals surface area contributed by atoms with Crippen LogP contribution in [-0.4, -0.2) is 52.0 Å². The minimum atomic E-state index is -3.47. The number of aliphatic hydroxyl groups excluding tert-OH is 1. The van der Waals surface area contributed by atoms with Crippen LogP contribution in [0.5, 0.6) is 17.2 Å². The molecule has 256 valence electrons. The molecule has 5 rings (SSSR count). The molecule has 1 heterocycles. The number of nitrogens with zero attached hydrogens (tertiary/aromatic N) is 2. The quantitative estimate of drug-likeness (QED) is 0.0934. The first-order valence-electron chi connectivity index (χ1n) is 16.2. The summed E-state index contributed by atoms with van der Waals surface area (Å²) < 4.78 is 44.4. The van der Waals surface area contributed by atoms with Gasteiger partial charge in [0.1, 0.15) is 17.2 Å². The molecule has 1 fully saturated rings. The monoisotopic (exact) mass is 683 g/mol. The number of carbonyl (C=O) groups excluding carboxylic acids is 1. The van der Waals surface area contributed by atoms with E-state index in [1.165, 1.54) is 0 Å². The van der Waals surface area contributed by atoms with Crippen molar-refractivity contribution in [3.05, 3.63) is 119 Å². The Labute approximate surface area is 288 Å². The second-order valence-electron chi connectivity index (χ2n) is 12.2. The van der Waals surface area contributed by atoms with Crippen LogP contribution in [0.25, 0.3) is 4.85 Å². The zero-order chi connectivity index (χ0) is 34.8. The van der Waals surface area contributed by atoms with Crippen molar-refractivity contribution in [1.29, 1.82) is 0 Å². The lowest BCUT2D eigenvalue weighted by atomic mass is 10.1. The number of benzene rings is 4. The third-order valence-electron chi connectivity index (χ3n) is 8.19. The number of hydrogen-bond donors (Lipinski definition) is 2. The van der Waals surface area contributed by atoms with Crippen LogP contribution in [0.15, 0.2) is 84.9 Å². The molecule has 2 N–H and O–H groups in total. The van der Waals surface area contributed by atoms with Crippen LogP contribution in [0.2, 0.25) is 0 Å². The maximum absolute atomic E-state index is 12.9. The summed E-state index contributed by atoms with van der Waals surface area (Å²) in [5, 5.41) is 9.22. The Hall–Kier alpha value is -4.89. The van der Waals surface area contributed by atoms with Crippen molar-refractivity contribution in [2.24, 2.45) is 5.92 Å². The van der Waals surface area contributed by atoms with E-state index >= 15 is 0 Å². The van der Waals surface area contributed by atoms with Gasteiger partial charge in [-0.3, -0.25) is 9.52 Å². The van der Waals surface area contributed by atoms with Crippen LogP contribution in [0.3, 0.4) is 0 Å². The standard InChI is InChI=1S/C38H41N3O7S/c1-27-36(40-49(3,44)45)6-4-7-37(27)41(23-28-9-13-32(39-2)14-10-28)24-29-11-15-33(16-12-29)48-35-21-31(38(43)8-5-18-42)20-34(22-35)47-26-30-17-19-46-25-30/h4,6-7,9-16,20-22,30,40,42H,5,8,17-19,23-26H2,1,3H3. The minimum Gasteiger partial charge on any atom is -0.493 e. The SMILES string of the molecule is [C-]#[N+]c1ccc(CN(Cc2ccc(Oc3cc(OCC4CCOC4)cc(C(=O)CCCO)c3)cc2)c2cccc(NS(C)(=O)=O)c2C)cc1. The molecule has 0 spiro atoms. The van der Waals surface area contributed by atoms with Gasteiger partial charge in [-0.15, -0.1) is 0 Å². The molecular weight excluding hydrogens is 642 g/mol. The summed E-state index contributed by atoms with van der Waals surface area (Å²) in [6.45, 7) is 12.0. The largest absolute Gasteiger partial charge is 0.493 e. The van der Waals surface area contributed by atoms with Crippen molar-refractivity contribution in [2.45, 2.75) is 39.3 Å². The number of sulfonamides is 1. The number of anilines is 2. The van der Waals surface area contributed by atoms with Crippen LogP contribution >= 0.6 is 0 Å². The maximum Gasteiger partial charge on any atom is 0.229 e. The summed E-state index contributed by atoms with van der Waals surface area (Å²) in [6, 6.07) is 25.8. The molecule has 0 aliphatic carbocycles. The van der Waals surface area contributed by atoms with E-state index in [0.717, 1.165) is 41.7 Å². The minimum absolute atomic E-state index is 0.0617. The Morgan fingerprint density at radius 3 is 2.33 bits per heavy atom. The summed E-state index contributed by atoms with van der Waals surface area (Å²) in [7, 11) is -3.47. The molecule has 0 amide bonds.